The van der Waals surface area contributed by atoms with Gasteiger partial charge in [0.05, 0.1) is 0 Å². The molecule has 7 heteroatoms. The Bertz CT molecular complexity index is 1090. The smallest absolute Gasteiger partial charge is 0.225 e. The molecule has 0 spiro atoms. The van der Waals surface area contributed by atoms with E-state index >= 15 is 0 Å². The van der Waals surface area contributed by atoms with Gasteiger partial charge in [-0.25, -0.2) is 8.78 Å². The van der Waals surface area contributed by atoms with Crippen molar-refractivity contribution in [3.05, 3.63) is 71.9 Å². The molecular weight excluding hydrogens is 350 g/mol. The predicted molar refractivity (Wildman–Crippen MR) is 99.2 cm³/mol. The van der Waals surface area contributed by atoms with E-state index < -0.39 is 0 Å². The Kier molecular flexibility index (Phi) is 4.42. The normalized spacial score (nSPS) is 11.0. The zero-order chi connectivity index (χ0) is 18.8. The van der Waals surface area contributed by atoms with Crippen molar-refractivity contribution in [2.45, 2.75) is 12.8 Å². The van der Waals surface area contributed by atoms with Crippen LogP contribution in [0.15, 0.2) is 54.7 Å². The first kappa shape index (κ1) is 17.0. The lowest BCUT2D eigenvalue weighted by Gasteiger charge is -2.06. The Labute approximate surface area is 153 Å². The number of nitrogens with zero attached hydrogens (tertiary/aromatic N) is 1. The molecule has 2 aromatic carbocycles. The SMILES string of the molecule is O=C(CCc1c(-c2ccc(F)cc2)[nH]c2ccc(F)cc12)Nc1cc[nH]n1. The van der Waals surface area contributed by atoms with E-state index in [1.807, 2.05) is 0 Å². The lowest BCUT2D eigenvalue weighted by molar-refractivity contribution is -0.116. The minimum Gasteiger partial charge on any atom is -0.354 e. The highest BCUT2D eigenvalue weighted by Gasteiger charge is 2.16. The van der Waals surface area contributed by atoms with Crippen molar-refractivity contribution >= 4 is 22.6 Å². The molecule has 0 aliphatic rings. The van der Waals surface area contributed by atoms with Gasteiger partial charge in [-0.05, 0) is 60.0 Å². The van der Waals surface area contributed by atoms with Crippen molar-refractivity contribution in [3.8, 4) is 11.3 Å². The maximum absolute atomic E-state index is 13.8. The Morgan fingerprint density at radius 3 is 2.56 bits per heavy atom. The second kappa shape index (κ2) is 7.03. The van der Waals surface area contributed by atoms with Gasteiger partial charge in [0, 0.05) is 35.3 Å². The number of carbonyl (C=O) groups is 1. The van der Waals surface area contributed by atoms with Crippen LogP contribution in [0.5, 0.6) is 0 Å². The van der Waals surface area contributed by atoms with Gasteiger partial charge in [0.15, 0.2) is 5.82 Å². The largest absolute Gasteiger partial charge is 0.354 e. The van der Waals surface area contributed by atoms with Crippen LogP contribution in [-0.2, 0) is 11.2 Å². The molecule has 0 aliphatic heterocycles. The Morgan fingerprint density at radius 2 is 1.81 bits per heavy atom. The van der Waals surface area contributed by atoms with Crippen molar-refractivity contribution in [1.29, 1.82) is 0 Å². The number of aromatic amines is 2. The average molecular weight is 366 g/mol. The van der Waals surface area contributed by atoms with Crippen LogP contribution in [0.3, 0.4) is 0 Å². The molecule has 4 rings (SSSR count). The lowest BCUT2D eigenvalue weighted by atomic mass is 10.0. The van der Waals surface area contributed by atoms with Crippen LogP contribution in [0.2, 0.25) is 0 Å². The minimum absolute atomic E-state index is 0.196. The zero-order valence-corrected chi connectivity index (χ0v) is 14.2. The van der Waals surface area contributed by atoms with E-state index in [0.29, 0.717) is 17.6 Å². The topological polar surface area (TPSA) is 73.6 Å². The first-order chi connectivity index (χ1) is 13.1. The standard InChI is InChI=1S/C20H16F2N4O/c21-13-3-1-12(2-4-13)20-15(16-11-14(22)5-7-17(16)24-20)6-8-19(27)25-18-9-10-23-26-18/h1-5,7,9-11,24H,6,8H2,(H2,23,25,26,27). The Hall–Kier alpha value is -3.48. The molecular formula is C20H16F2N4O. The fourth-order valence-electron chi connectivity index (χ4n) is 3.12. The maximum atomic E-state index is 13.8. The second-order valence-electron chi connectivity index (χ2n) is 6.18. The third kappa shape index (κ3) is 3.57. The number of halogens is 2. The molecule has 136 valence electrons. The number of hydrogen-bond donors (Lipinski definition) is 3. The molecule has 0 radical (unpaired) electrons. The molecule has 0 saturated carbocycles. The van der Waals surface area contributed by atoms with Gasteiger partial charge in [-0.15, -0.1) is 0 Å². The van der Waals surface area contributed by atoms with Crippen LogP contribution in [0.4, 0.5) is 14.6 Å². The summed E-state index contributed by atoms with van der Waals surface area (Å²) >= 11 is 0. The van der Waals surface area contributed by atoms with Gasteiger partial charge in [0.25, 0.3) is 0 Å². The monoisotopic (exact) mass is 366 g/mol. The van der Waals surface area contributed by atoms with E-state index in [1.165, 1.54) is 24.3 Å². The highest BCUT2D eigenvalue weighted by atomic mass is 19.1. The van der Waals surface area contributed by atoms with Crippen LogP contribution < -0.4 is 5.32 Å². The quantitative estimate of drug-likeness (QED) is 0.490. The number of fused-ring (bicyclic) bond motifs is 1. The summed E-state index contributed by atoms with van der Waals surface area (Å²) in [5, 5.41) is 9.92. The van der Waals surface area contributed by atoms with E-state index in [-0.39, 0.29) is 24.0 Å². The first-order valence-electron chi connectivity index (χ1n) is 8.46. The average Bonchev–Trinajstić information content (AvgIpc) is 3.28. The van der Waals surface area contributed by atoms with Gasteiger partial charge >= 0.3 is 0 Å². The molecule has 4 aromatic rings. The van der Waals surface area contributed by atoms with Gasteiger partial charge < -0.3 is 10.3 Å². The number of rotatable bonds is 5. The third-order valence-electron chi connectivity index (χ3n) is 4.37. The number of anilines is 1. The van der Waals surface area contributed by atoms with E-state index in [4.69, 9.17) is 0 Å². The third-order valence-corrected chi connectivity index (χ3v) is 4.37. The Balaban J connectivity index is 1.66. The molecule has 5 nitrogen and oxygen atoms in total. The molecule has 27 heavy (non-hydrogen) atoms. The van der Waals surface area contributed by atoms with Gasteiger partial charge in [-0.2, -0.15) is 5.10 Å². The molecule has 3 N–H and O–H groups in total. The molecule has 2 heterocycles. The summed E-state index contributed by atoms with van der Waals surface area (Å²) in [6.45, 7) is 0. The molecule has 0 bridgehead atoms. The van der Waals surface area contributed by atoms with Crippen molar-refractivity contribution in [2.75, 3.05) is 5.32 Å². The van der Waals surface area contributed by atoms with E-state index in [0.717, 1.165) is 22.3 Å². The lowest BCUT2D eigenvalue weighted by Crippen LogP contribution is -2.12. The fourth-order valence-corrected chi connectivity index (χ4v) is 3.12. The molecule has 0 saturated heterocycles. The van der Waals surface area contributed by atoms with E-state index in [1.54, 1.807) is 30.5 Å². The van der Waals surface area contributed by atoms with Crippen molar-refractivity contribution < 1.29 is 13.6 Å². The molecule has 0 atom stereocenters. The summed E-state index contributed by atoms with van der Waals surface area (Å²) in [6.07, 6.45) is 2.21. The van der Waals surface area contributed by atoms with Gasteiger partial charge in [-0.1, -0.05) is 0 Å². The van der Waals surface area contributed by atoms with Crippen LogP contribution in [-0.4, -0.2) is 21.1 Å². The Morgan fingerprint density at radius 1 is 1.04 bits per heavy atom. The van der Waals surface area contributed by atoms with Gasteiger partial charge in [-0.3, -0.25) is 9.89 Å². The molecule has 0 fully saturated rings. The van der Waals surface area contributed by atoms with Crippen LogP contribution >= 0.6 is 0 Å². The fraction of sp³-hybridized carbons (Fsp3) is 0.100. The summed E-state index contributed by atoms with van der Waals surface area (Å²) in [5.74, 6) is -0.433. The molecule has 2 aromatic heterocycles. The maximum Gasteiger partial charge on any atom is 0.225 e. The number of benzene rings is 2. The number of nitrogens with one attached hydrogen (secondary N) is 3. The van der Waals surface area contributed by atoms with Crippen molar-refractivity contribution in [3.63, 3.8) is 0 Å². The highest BCUT2D eigenvalue weighted by molar-refractivity contribution is 5.93. The van der Waals surface area contributed by atoms with Crippen molar-refractivity contribution in [2.24, 2.45) is 0 Å². The summed E-state index contributed by atoms with van der Waals surface area (Å²) in [4.78, 5) is 15.5. The van der Waals surface area contributed by atoms with E-state index in [2.05, 4.69) is 20.5 Å². The highest BCUT2D eigenvalue weighted by Crippen LogP contribution is 2.32. The second-order valence-corrected chi connectivity index (χ2v) is 6.18. The number of carbonyl (C=O) groups excluding carboxylic acids is 1. The number of aryl methyl sites for hydroxylation is 1. The zero-order valence-electron chi connectivity index (χ0n) is 14.2. The number of aromatic nitrogens is 3. The van der Waals surface area contributed by atoms with Crippen LogP contribution in [0.25, 0.3) is 22.2 Å². The van der Waals surface area contributed by atoms with Crippen LogP contribution in [0, 0.1) is 11.6 Å². The summed E-state index contributed by atoms with van der Waals surface area (Å²) in [6, 6.07) is 12.2. The molecule has 0 aliphatic carbocycles. The molecule has 1 amide bonds. The molecule has 0 unspecified atom stereocenters. The summed E-state index contributed by atoms with van der Waals surface area (Å²) in [7, 11) is 0. The van der Waals surface area contributed by atoms with Gasteiger partial charge in [0.1, 0.15) is 11.6 Å². The number of H-pyrrole nitrogens is 2. The predicted octanol–water partition coefficient (Wildman–Crippen LogP) is 4.41. The summed E-state index contributed by atoms with van der Waals surface area (Å²) in [5.41, 5.74) is 3.10. The summed E-state index contributed by atoms with van der Waals surface area (Å²) < 4.78 is 27.1. The number of hydrogen-bond acceptors (Lipinski definition) is 2. The number of amides is 1. The van der Waals surface area contributed by atoms with Crippen LogP contribution in [0.1, 0.15) is 12.0 Å². The first-order valence-corrected chi connectivity index (χ1v) is 8.46. The minimum atomic E-state index is -0.352. The van der Waals surface area contributed by atoms with E-state index in [9.17, 15) is 13.6 Å². The van der Waals surface area contributed by atoms with Gasteiger partial charge in [0.2, 0.25) is 5.91 Å². The van der Waals surface area contributed by atoms with Crippen molar-refractivity contribution in [1.82, 2.24) is 15.2 Å².